The van der Waals surface area contributed by atoms with Crippen LogP contribution in [0.3, 0.4) is 0 Å². The van der Waals surface area contributed by atoms with E-state index in [4.69, 9.17) is 17.0 Å². The molecule has 0 spiro atoms. The number of allylic oxidation sites excluding steroid dienone is 2. The number of hydrogen-bond acceptors (Lipinski definition) is 5. The summed E-state index contributed by atoms with van der Waals surface area (Å²) in [5.41, 5.74) is 2.93. The Morgan fingerprint density at radius 3 is 2.61 bits per heavy atom. The Labute approximate surface area is 168 Å². The largest absolute Gasteiger partial charge is 0.460 e. The number of ether oxygens (including phenoxy) is 1. The highest BCUT2D eigenvalue weighted by Gasteiger charge is 2.26. The molecule has 0 fully saturated rings. The van der Waals surface area contributed by atoms with E-state index < -0.39 is 17.5 Å². The number of aryl methyl sites for hydroxylation is 1. The number of fused-ring (bicyclic) bond motifs is 1. The molecule has 28 heavy (non-hydrogen) atoms. The Hall–Kier alpha value is -2.80. The monoisotopic (exact) mass is 400 g/mol. The summed E-state index contributed by atoms with van der Waals surface area (Å²) in [7, 11) is 0. The number of esters is 1. The second kappa shape index (κ2) is 9.41. The number of ketones is 2. The van der Waals surface area contributed by atoms with Crippen LogP contribution in [-0.4, -0.2) is 33.7 Å². The number of aromatic nitrogens is 2. The van der Waals surface area contributed by atoms with Gasteiger partial charge in [-0.15, -0.1) is 0 Å². The first kappa shape index (κ1) is 21.5. The smallest absolute Gasteiger partial charge is 0.379 e. The molecule has 2 aromatic rings. The number of unbranched alkanes of at least 4 members (excludes halogenated alkanes) is 1. The van der Waals surface area contributed by atoms with Gasteiger partial charge in [-0.05, 0) is 63.2 Å². The quantitative estimate of drug-likeness (QED) is 0.136. The highest BCUT2D eigenvalue weighted by molar-refractivity contribution is 7.71. The Bertz CT molecular complexity index is 1040. The Kier molecular flexibility index (Phi) is 7.23. The zero-order valence-electron chi connectivity index (χ0n) is 16.5. The predicted octanol–water partition coefficient (Wildman–Crippen LogP) is 4.30. The number of aromatic amines is 1. The van der Waals surface area contributed by atoms with E-state index in [-0.39, 0.29) is 12.2 Å². The van der Waals surface area contributed by atoms with Gasteiger partial charge >= 0.3 is 5.97 Å². The summed E-state index contributed by atoms with van der Waals surface area (Å²) < 4.78 is 6.82. The molecule has 1 N–H and O–H groups in total. The fourth-order valence-electron chi connectivity index (χ4n) is 2.56. The van der Waals surface area contributed by atoms with Crippen molar-refractivity contribution in [3.05, 3.63) is 45.8 Å². The van der Waals surface area contributed by atoms with Crippen molar-refractivity contribution in [1.82, 2.24) is 9.55 Å². The minimum Gasteiger partial charge on any atom is -0.460 e. The Balaban J connectivity index is 2.53. The van der Waals surface area contributed by atoms with E-state index in [1.165, 1.54) is 16.8 Å². The molecule has 148 valence electrons. The number of nitrogens with one attached hydrogen (secondary N) is 1. The Morgan fingerprint density at radius 2 is 1.96 bits per heavy atom. The van der Waals surface area contributed by atoms with Crippen LogP contribution < -0.4 is 0 Å². The van der Waals surface area contributed by atoms with Gasteiger partial charge in [-0.3, -0.25) is 14.2 Å². The lowest BCUT2D eigenvalue weighted by Gasteiger charge is -2.06. The first-order valence-corrected chi connectivity index (χ1v) is 9.48. The molecular formula is C21H24N2O4S. The van der Waals surface area contributed by atoms with E-state index in [1.807, 2.05) is 32.0 Å². The summed E-state index contributed by atoms with van der Waals surface area (Å²) in [6.45, 7) is 7.50. The number of carbonyl (C=O) groups excluding carboxylic acids is 3. The van der Waals surface area contributed by atoms with Crippen LogP contribution in [0.1, 0.15) is 39.2 Å². The number of rotatable bonds is 8. The maximum Gasteiger partial charge on any atom is 0.379 e. The van der Waals surface area contributed by atoms with Crippen molar-refractivity contribution in [2.45, 2.75) is 40.5 Å². The maximum atomic E-state index is 12.6. The van der Waals surface area contributed by atoms with Crippen molar-refractivity contribution in [2.75, 3.05) is 6.61 Å². The van der Waals surface area contributed by atoms with Gasteiger partial charge in [-0.1, -0.05) is 25.0 Å². The van der Waals surface area contributed by atoms with Crippen LogP contribution in [0.4, 0.5) is 0 Å². The molecule has 0 saturated heterocycles. The molecule has 0 aliphatic heterocycles. The molecule has 0 aliphatic carbocycles. The molecule has 1 aromatic carbocycles. The molecule has 6 nitrogen and oxygen atoms in total. The zero-order valence-corrected chi connectivity index (χ0v) is 17.3. The molecule has 0 atom stereocenters. The van der Waals surface area contributed by atoms with E-state index >= 15 is 0 Å². The molecule has 1 aromatic heterocycles. The number of Topliss-reactive ketones (excluding diaryl/α,β-unsaturated/α-hetero) is 1. The van der Waals surface area contributed by atoms with Crippen LogP contribution in [0.15, 0.2) is 35.4 Å². The van der Waals surface area contributed by atoms with Crippen LogP contribution in [-0.2, 0) is 19.1 Å². The number of hydrogen-bond donors (Lipinski definition) is 1. The molecule has 0 unspecified atom stereocenters. The van der Waals surface area contributed by atoms with Crippen molar-refractivity contribution in [3.8, 4) is 0 Å². The summed E-state index contributed by atoms with van der Waals surface area (Å²) in [4.78, 5) is 40.4. The average Bonchev–Trinajstić information content (AvgIpc) is 2.92. The number of nitrogens with zero attached hydrogens (tertiary/aromatic N) is 1. The van der Waals surface area contributed by atoms with Crippen LogP contribution in [0.25, 0.3) is 17.2 Å². The molecule has 2 rings (SSSR count). The maximum absolute atomic E-state index is 12.6. The van der Waals surface area contributed by atoms with Gasteiger partial charge in [-0.25, -0.2) is 4.79 Å². The van der Waals surface area contributed by atoms with E-state index in [0.717, 1.165) is 17.5 Å². The lowest BCUT2D eigenvalue weighted by Crippen LogP contribution is -2.24. The first-order chi connectivity index (χ1) is 13.2. The van der Waals surface area contributed by atoms with Crippen molar-refractivity contribution < 1.29 is 19.1 Å². The van der Waals surface area contributed by atoms with Crippen molar-refractivity contribution >= 4 is 47.0 Å². The summed E-state index contributed by atoms with van der Waals surface area (Å²) >= 11 is 5.34. The minimum absolute atomic E-state index is 0.136. The van der Waals surface area contributed by atoms with Gasteiger partial charge in [0.2, 0.25) is 0 Å². The van der Waals surface area contributed by atoms with Gasteiger partial charge in [0.25, 0.3) is 5.78 Å². The lowest BCUT2D eigenvalue weighted by atomic mass is 10.1. The number of H-pyrrole nitrogens is 1. The third kappa shape index (κ3) is 5.13. The molecule has 0 bridgehead atoms. The molecule has 7 heteroatoms. The van der Waals surface area contributed by atoms with Crippen molar-refractivity contribution in [1.29, 1.82) is 0 Å². The normalized spacial score (nSPS) is 11.4. The second-order valence-electron chi connectivity index (χ2n) is 6.77. The molecule has 0 radical (unpaired) electrons. The molecule has 1 heterocycles. The molecule has 0 amide bonds. The van der Waals surface area contributed by atoms with Gasteiger partial charge in [0.05, 0.1) is 23.2 Å². The minimum atomic E-state index is -1.04. The summed E-state index contributed by atoms with van der Waals surface area (Å²) in [5, 5.41) is 0. The number of carbonyl (C=O) groups is 3. The predicted molar refractivity (Wildman–Crippen MR) is 111 cm³/mol. The number of imidazole rings is 1. The van der Waals surface area contributed by atoms with Gasteiger partial charge in [0.15, 0.2) is 10.6 Å². The highest BCUT2D eigenvalue weighted by atomic mass is 32.1. The number of benzene rings is 1. The van der Waals surface area contributed by atoms with E-state index in [0.29, 0.717) is 22.3 Å². The third-order valence-electron chi connectivity index (χ3n) is 3.98. The van der Waals surface area contributed by atoms with Crippen molar-refractivity contribution in [3.63, 3.8) is 0 Å². The van der Waals surface area contributed by atoms with Gasteiger partial charge in [-0.2, -0.15) is 0 Å². The topological polar surface area (TPSA) is 81.2 Å². The lowest BCUT2D eigenvalue weighted by molar-refractivity contribution is -0.152. The van der Waals surface area contributed by atoms with Crippen molar-refractivity contribution in [2.24, 2.45) is 0 Å². The standard InChI is InChI=1S/C21H24N2O4S/c1-5-6-9-27-20(26)19(25)15(18(24)10-13(2)3)12-23-17-8-7-14(4)11-16(17)22-21(23)28/h7-8,10-12H,5-6,9H2,1-4H3,(H,22,28). The highest BCUT2D eigenvalue weighted by Crippen LogP contribution is 2.18. The molecular weight excluding hydrogens is 376 g/mol. The van der Waals surface area contributed by atoms with Crippen LogP contribution >= 0.6 is 12.2 Å². The average molecular weight is 401 g/mol. The summed E-state index contributed by atoms with van der Waals surface area (Å²) in [6.07, 6.45) is 4.09. The Morgan fingerprint density at radius 1 is 1.25 bits per heavy atom. The summed E-state index contributed by atoms with van der Waals surface area (Å²) in [6, 6.07) is 5.64. The SMILES string of the molecule is CCCCOC(=O)C(=O)C(=Cn1c(=S)[nH]c2cc(C)ccc21)C(=O)C=C(C)C. The van der Waals surface area contributed by atoms with Gasteiger partial charge in [0.1, 0.15) is 0 Å². The van der Waals surface area contributed by atoms with Gasteiger partial charge in [0, 0.05) is 6.20 Å². The van der Waals surface area contributed by atoms with E-state index in [9.17, 15) is 14.4 Å². The molecule has 0 aliphatic rings. The van der Waals surface area contributed by atoms with Crippen LogP contribution in [0.2, 0.25) is 0 Å². The molecule has 0 saturated carbocycles. The summed E-state index contributed by atoms with van der Waals surface area (Å²) in [5.74, 6) is -2.60. The van der Waals surface area contributed by atoms with Gasteiger partial charge < -0.3 is 9.72 Å². The van der Waals surface area contributed by atoms with E-state index in [2.05, 4.69) is 4.98 Å². The second-order valence-corrected chi connectivity index (χ2v) is 7.15. The fourth-order valence-corrected chi connectivity index (χ4v) is 2.82. The zero-order chi connectivity index (χ0) is 20.8. The van der Waals surface area contributed by atoms with Crippen LogP contribution in [0, 0.1) is 11.7 Å². The van der Waals surface area contributed by atoms with Crippen LogP contribution in [0.5, 0.6) is 0 Å². The fraction of sp³-hybridized carbons (Fsp3) is 0.333. The third-order valence-corrected chi connectivity index (χ3v) is 4.28. The van der Waals surface area contributed by atoms with E-state index in [1.54, 1.807) is 13.8 Å². The first-order valence-electron chi connectivity index (χ1n) is 9.08.